The van der Waals surface area contributed by atoms with E-state index in [0.717, 1.165) is 59.0 Å². The van der Waals surface area contributed by atoms with E-state index in [1.54, 1.807) is 31.5 Å². The predicted molar refractivity (Wildman–Crippen MR) is 231 cm³/mol. The van der Waals surface area contributed by atoms with Crippen molar-refractivity contribution in [2.75, 3.05) is 99.8 Å². The minimum Gasteiger partial charge on any atom is -0.497 e. The lowest BCUT2D eigenvalue weighted by molar-refractivity contribution is 0.0642. The lowest BCUT2D eigenvalue weighted by atomic mass is 10.0. The molecule has 3 amide bonds. The summed E-state index contributed by atoms with van der Waals surface area (Å²) in [4.78, 5) is 57.9. The maximum atomic E-state index is 14.2. The fourth-order valence-corrected chi connectivity index (χ4v) is 7.91. The van der Waals surface area contributed by atoms with Crippen molar-refractivity contribution in [2.45, 2.75) is 33.4 Å². The van der Waals surface area contributed by atoms with Gasteiger partial charge in [0.15, 0.2) is 0 Å². The van der Waals surface area contributed by atoms with Crippen LogP contribution in [0.15, 0.2) is 79.1 Å². The molecule has 8 rings (SSSR count). The van der Waals surface area contributed by atoms with Crippen LogP contribution >= 0.6 is 0 Å². The van der Waals surface area contributed by atoms with Gasteiger partial charge in [-0.2, -0.15) is 4.98 Å². The largest absolute Gasteiger partial charge is 0.497 e. The normalized spacial score (nSPS) is 15.4. The van der Waals surface area contributed by atoms with Crippen molar-refractivity contribution >= 4 is 35.3 Å². The number of aromatic nitrogens is 4. The third-order valence-electron chi connectivity index (χ3n) is 11.5. The van der Waals surface area contributed by atoms with E-state index < -0.39 is 0 Å². The number of morpholine rings is 1. The molecule has 3 aromatic carbocycles. The van der Waals surface area contributed by atoms with Crippen LogP contribution in [0.1, 0.15) is 39.5 Å². The van der Waals surface area contributed by atoms with Gasteiger partial charge in [0.1, 0.15) is 17.3 Å². The molecular formula is C45H52N10O5. The summed E-state index contributed by atoms with van der Waals surface area (Å²) in [7, 11) is 3.32. The van der Waals surface area contributed by atoms with Gasteiger partial charge in [0, 0.05) is 93.7 Å². The highest BCUT2D eigenvalue weighted by Crippen LogP contribution is 2.36. The smallest absolute Gasteiger partial charge is 0.327 e. The summed E-state index contributed by atoms with van der Waals surface area (Å²) in [5.41, 5.74) is 6.34. The molecule has 2 saturated heterocycles. The molecule has 3 aliphatic heterocycles. The number of piperazine rings is 1. The monoisotopic (exact) mass is 812 g/mol. The van der Waals surface area contributed by atoms with Crippen LogP contribution in [0.3, 0.4) is 0 Å². The highest BCUT2D eigenvalue weighted by molar-refractivity contribution is 6.05. The molecule has 0 aliphatic carbocycles. The number of nitrogens with zero attached hydrogens (tertiary/aromatic N) is 9. The maximum Gasteiger partial charge on any atom is 0.327 e. The number of fused-ring (bicyclic) bond motifs is 1. The standard InChI is InChI=1S/C45H52N10O5/c1-5-51-19-21-52(22-20-51)42(56)37-7-6-8-39(31(37)2)48-45(57)55-18-17-38-40(49-44(50-41(38)55)53-23-25-60-26-24-53)34-27-46-43(47-28-34)54(29-32-9-13-35(58-3)14-10-32)30-33-11-15-36(59-4)16-12-33/h6-16,27-28H,5,17-26,29-30H2,1-4H3,(H,48,57). The Morgan fingerprint density at radius 3 is 2.03 bits per heavy atom. The molecule has 0 spiro atoms. The number of anilines is 4. The summed E-state index contributed by atoms with van der Waals surface area (Å²) in [5.74, 6) is 3.18. The average molecular weight is 813 g/mol. The van der Waals surface area contributed by atoms with Crippen LogP contribution in [0, 0.1) is 6.92 Å². The van der Waals surface area contributed by atoms with Crippen LogP contribution in [0.5, 0.6) is 11.5 Å². The van der Waals surface area contributed by atoms with Gasteiger partial charge in [-0.25, -0.2) is 19.7 Å². The molecule has 60 heavy (non-hydrogen) atoms. The molecule has 0 atom stereocenters. The second kappa shape index (κ2) is 18.3. The molecule has 3 aliphatic rings. The zero-order valence-electron chi connectivity index (χ0n) is 34.8. The van der Waals surface area contributed by atoms with Gasteiger partial charge in [-0.1, -0.05) is 37.3 Å². The quantitative estimate of drug-likeness (QED) is 0.166. The van der Waals surface area contributed by atoms with Gasteiger partial charge < -0.3 is 39.1 Å². The van der Waals surface area contributed by atoms with Crippen LogP contribution in [0.4, 0.5) is 28.2 Å². The minimum absolute atomic E-state index is 0.0174. The Bertz CT molecular complexity index is 2230. The van der Waals surface area contributed by atoms with Crippen molar-refractivity contribution in [1.29, 1.82) is 0 Å². The Morgan fingerprint density at radius 2 is 1.43 bits per heavy atom. The number of benzene rings is 3. The molecule has 5 aromatic rings. The van der Waals surface area contributed by atoms with Gasteiger partial charge in [-0.3, -0.25) is 9.69 Å². The van der Waals surface area contributed by atoms with E-state index >= 15 is 0 Å². The number of hydrogen-bond donors (Lipinski definition) is 1. The highest BCUT2D eigenvalue weighted by atomic mass is 16.5. The van der Waals surface area contributed by atoms with E-state index in [0.29, 0.717) is 100 Å². The van der Waals surface area contributed by atoms with Crippen molar-refractivity contribution in [2.24, 2.45) is 0 Å². The Kier molecular flexibility index (Phi) is 12.3. The van der Waals surface area contributed by atoms with Crippen molar-refractivity contribution in [3.05, 3.63) is 107 Å². The number of carbonyl (C=O) groups excluding carboxylic acids is 2. The van der Waals surface area contributed by atoms with E-state index in [1.807, 2.05) is 78.6 Å². The van der Waals surface area contributed by atoms with Gasteiger partial charge in [0.05, 0.1) is 33.1 Å². The molecule has 312 valence electrons. The second-order valence-corrected chi connectivity index (χ2v) is 15.1. The average Bonchev–Trinajstić information content (AvgIpc) is 3.74. The van der Waals surface area contributed by atoms with Gasteiger partial charge in [-0.05, 0) is 73.0 Å². The third kappa shape index (κ3) is 8.82. The lowest BCUT2D eigenvalue weighted by Gasteiger charge is -2.34. The van der Waals surface area contributed by atoms with Crippen LogP contribution in [-0.2, 0) is 24.2 Å². The first-order valence-electron chi connectivity index (χ1n) is 20.6. The zero-order valence-corrected chi connectivity index (χ0v) is 34.8. The summed E-state index contributed by atoms with van der Waals surface area (Å²) < 4.78 is 16.4. The topological polar surface area (TPSA) is 142 Å². The van der Waals surface area contributed by atoms with Gasteiger partial charge in [-0.15, -0.1) is 0 Å². The second-order valence-electron chi connectivity index (χ2n) is 15.1. The molecule has 0 unspecified atom stereocenters. The van der Waals surface area contributed by atoms with Crippen molar-refractivity contribution in [1.82, 2.24) is 29.7 Å². The Balaban J connectivity index is 1.07. The van der Waals surface area contributed by atoms with Crippen LogP contribution < -0.4 is 29.5 Å². The van der Waals surface area contributed by atoms with E-state index in [1.165, 1.54) is 0 Å². The summed E-state index contributed by atoms with van der Waals surface area (Å²) in [6.45, 7) is 12.0. The SMILES string of the molecule is CCN1CCN(C(=O)c2cccc(NC(=O)N3CCc4c(-c5cnc(N(Cc6ccc(OC)cc6)Cc6ccc(OC)cc6)nc5)nc(N5CCOCC5)nc43)c2C)CC1. The number of hydrogen-bond acceptors (Lipinski definition) is 12. The molecular weight excluding hydrogens is 761 g/mol. The molecule has 0 bridgehead atoms. The number of nitrogens with one attached hydrogen (secondary N) is 1. The lowest BCUT2D eigenvalue weighted by Crippen LogP contribution is -2.48. The summed E-state index contributed by atoms with van der Waals surface area (Å²) in [5, 5.41) is 3.11. The van der Waals surface area contributed by atoms with E-state index in [9.17, 15) is 9.59 Å². The summed E-state index contributed by atoms with van der Waals surface area (Å²) >= 11 is 0. The molecule has 2 aromatic heterocycles. The molecule has 5 heterocycles. The first-order chi connectivity index (χ1) is 29.3. The number of ether oxygens (including phenoxy) is 3. The molecule has 15 heteroatoms. The predicted octanol–water partition coefficient (Wildman–Crippen LogP) is 5.67. The zero-order chi connectivity index (χ0) is 41.6. The molecule has 15 nitrogen and oxygen atoms in total. The van der Waals surface area contributed by atoms with Crippen molar-refractivity contribution < 1.29 is 23.8 Å². The highest BCUT2D eigenvalue weighted by Gasteiger charge is 2.33. The first kappa shape index (κ1) is 40.5. The third-order valence-corrected chi connectivity index (χ3v) is 11.5. The van der Waals surface area contributed by atoms with Crippen LogP contribution in [0.2, 0.25) is 0 Å². The Hall–Kier alpha value is -6.32. The Morgan fingerprint density at radius 1 is 0.800 bits per heavy atom. The van der Waals surface area contributed by atoms with Crippen LogP contribution in [0.25, 0.3) is 11.3 Å². The van der Waals surface area contributed by atoms with Crippen molar-refractivity contribution in [3.63, 3.8) is 0 Å². The van der Waals surface area contributed by atoms with Gasteiger partial charge in [0.25, 0.3) is 5.91 Å². The summed E-state index contributed by atoms with van der Waals surface area (Å²) in [6.07, 6.45) is 4.16. The van der Waals surface area contributed by atoms with E-state index in [2.05, 4.69) is 26.9 Å². The number of urea groups is 1. The fourth-order valence-electron chi connectivity index (χ4n) is 7.91. The number of amides is 3. The molecule has 2 fully saturated rings. The summed E-state index contributed by atoms with van der Waals surface area (Å²) in [6, 6.07) is 21.1. The molecule has 0 radical (unpaired) electrons. The van der Waals surface area contributed by atoms with E-state index in [4.69, 9.17) is 34.1 Å². The molecule has 1 N–H and O–H groups in total. The van der Waals surface area contributed by atoms with E-state index in [-0.39, 0.29) is 11.9 Å². The number of carbonyl (C=O) groups is 2. The molecule has 0 saturated carbocycles. The first-order valence-corrected chi connectivity index (χ1v) is 20.6. The Labute approximate surface area is 350 Å². The number of likely N-dealkylation sites (N-methyl/N-ethyl adjacent to an activating group) is 1. The van der Waals surface area contributed by atoms with Crippen molar-refractivity contribution in [3.8, 4) is 22.8 Å². The number of rotatable bonds is 12. The minimum atomic E-state index is -0.324. The van der Waals surface area contributed by atoms with Gasteiger partial charge >= 0.3 is 6.03 Å². The number of methoxy groups -OCH3 is 2. The van der Waals surface area contributed by atoms with Crippen LogP contribution in [-0.4, -0.2) is 121 Å². The maximum absolute atomic E-state index is 14.2. The fraction of sp³-hybridized carbons (Fsp3) is 0.378. The van der Waals surface area contributed by atoms with Gasteiger partial charge in [0.2, 0.25) is 11.9 Å².